The molecule has 2 N–H and O–H groups in total. The predicted octanol–water partition coefficient (Wildman–Crippen LogP) is 11.4. The first kappa shape index (κ1) is 55.4. The van der Waals surface area contributed by atoms with Gasteiger partial charge in [0.2, 0.25) is 0 Å². The van der Waals surface area contributed by atoms with Gasteiger partial charge in [0.15, 0.2) is 0 Å². The molecule has 2 amide bonds. The number of carboxylic acid groups (broad SMARTS) is 1. The van der Waals surface area contributed by atoms with E-state index in [4.69, 9.17) is 10.1 Å². The van der Waals surface area contributed by atoms with E-state index in [2.05, 4.69) is 67.3 Å². The zero-order chi connectivity index (χ0) is 41.3. The Bertz CT molecular complexity index is 1120. The number of aliphatic carboxylic acids is 1. The van der Waals surface area contributed by atoms with Gasteiger partial charge in [-0.05, 0) is 68.6 Å². The molecule has 52 heavy (non-hydrogen) atoms. The third-order valence-electron chi connectivity index (χ3n) is 7.39. The van der Waals surface area contributed by atoms with Crippen LogP contribution < -0.4 is 5.32 Å². The van der Waals surface area contributed by atoms with Crippen molar-refractivity contribution in [1.82, 2.24) is 10.2 Å². The highest BCUT2D eigenvalue weighted by Gasteiger charge is 2.45. The van der Waals surface area contributed by atoms with Crippen LogP contribution in [0.15, 0.2) is 65.2 Å². The summed E-state index contributed by atoms with van der Waals surface area (Å²) in [7, 11) is 0. The SMILES string of the molecule is C=C/C(=C\C=C\C(C)N1C(=O)C(/C(=C/CF)C/C=C\CF)=NC1(C)CCCC(CC)C(C)C)C(=O)NCCC(=O)O.CC.CC.CC(C)C.CCC. The molecule has 1 aliphatic rings. The smallest absolute Gasteiger partial charge is 0.305 e. The van der Waals surface area contributed by atoms with Crippen molar-refractivity contribution in [3.63, 3.8) is 0 Å². The zero-order valence-corrected chi connectivity index (χ0v) is 35.5. The average Bonchev–Trinajstić information content (AvgIpc) is 3.35. The number of aliphatic imine (C=N–C) groups is 1. The van der Waals surface area contributed by atoms with Crippen LogP contribution >= 0.6 is 0 Å². The molecule has 0 spiro atoms. The normalized spacial score (nSPS) is 16.8. The highest BCUT2D eigenvalue weighted by molar-refractivity contribution is 6.46. The molecule has 0 aromatic heterocycles. The minimum Gasteiger partial charge on any atom is -0.481 e. The lowest BCUT2D eigenvalue weighted by molar-refractivity contribution is -0.137. The van der Waals surface area contributed by atoms with Gasteiger partial charge < -0.3 is 15.3 Å². The first-order valence-electron chi connectivity index (χ1n) is 19.5. The number of hydrogen-bond acceptors (Lipinski definition) is 4. The lowest BCUT2D eigenvalue weighted by Crippen LogP contribution is -2.49. The summed E-state index contributed by atoms with van der Waals surface area (Å²) in [6.45, 7) is 31.3. The van der Waals surface area contributed by atoms with Crippen LogP contribution in [-0.4, -0.2) is 65.1 Å². The Hall–Kier alpha value is -3.36. The Morgan fingerprint density at radius 3 is 2.00 bits per heavy atom. The Morgan fingerprint density at radius 1 is 1.00 bits per heavy atom. The first-order chi connectivity index (χ1) is 24.6. The van der Waals surface area contributed by atoms with E-state index in [-0.39, 0.29) is 36.6 Å². The van der Waals surface area contributed by atoms with E-state index in [0.717, 1.165) is 25.2 Å². The fraction of sp³-hybridized carbons (Fsp3) is 0.674. The molecule has 1 aliphatic heterocycles. The average molecular weight is 738 g/mol. The molecule has 0 saturated carbocycles. The maximum absolute atomic E-state index is 13.8. The van der Waals surface area contributed by atoms with E-state index < -0.39 is 36.9 Å². The number of carbonyl (C=O) groups is 3. The fourth-order valence-corrected chi connectivity index (χ4v) is 5.06. The summed E-state index contributed by atoms with van der Waals surface area (Å²) >= 11 is 0. The molecule has 9 heteroatoms. The minimum absolute atomic E-state index is 0.00877. The van der Waals surface area contributed by atoms with Gasteiger partial charge in [0, 0.05) is 12.1 Å². The second-order valence-electron chi connectivity index (χ2n) is 13.2. The second kappa shape index (κ2) is 34.7. The quantitative estimate of drug-likeness (QED) is 0.0783. The molecule has 302 valence electrons. The van der Waals surface area contributed by atoms with Gasteiger partial charge in [-0.3, -0.25) is 19.4 Å². The number of carbonyl (C=O) groups excluding carboxylic acids is 2. The molecule has 1 rings (SSSR count). The summed E-state index contributed by atoms with van der Waals surface area (Å²) in [6, 6.07) is -0.425. The largest absolute Gasteiger partial charge is 0.481 e. The zero-order valence-electron chi connectivity index (χ0n) is 35.5. The molecule has 0 aromatic carbocycles. The van der Waals surface area contributed by atoms with Crippen LogP contribution in [0.4, 0.5) is 8.78 Å². The number of rotatable bonds is 19. The molecule has 0 saturated heterocycles. The summed E-state index contributed by atoms with van der Waals surface area (Å²) in [6.07, 6.45) is 15.3. The minimum atomic E-state index is -1.01. The molecule has 0 fully saturated rings. The topological polar surface area (TPSA) is 99.1 Å². The monoisotopic (exact) mass is 738 g/mol. The Morgan fingerprint density at radius 2 is 1.56 bits per heavy atom. The third kappa shape index (κ3) is 24.8. The van der Waals surface area contributed by atoms with Crippen molar-refractivity contribution in [3.05, 3.63) is 60.3 Å². The summed E-state index contributed by atoms with van der Waals surface area (Å²) in [5.41, 5.74) is -0.0139. The Balaban J connectivity index is -0.000000929. The molecule has 0 aromatic rings. The van der Waals surface area contributed by atoms with Gasteiger partial charge in [0.05, 0.1) is 12.5 Å². The van der Waals surface area contributed by atoms with Crippen LogP contribution in [0, 0.1) is 17.8 Å². The van der Waals surface area contributed by atoms with Crippen LogP contribution in [0.5, 0.6) is 0 Å². The van der Waals surface area contributed by atoms with Crippen molar-refractivity contribution in [3.8, 4) is 0 Å². The Kier molecular flexibility index (Phi) is 37.0. The second-order valence-corrected chi connectivity index (χ2v) is 13.2. The molecule has 1 heterocycles. The van der Waals surface area contributed by atoms with E-state index in [1.54, 1.807) is 29.2 Å². The predicted molar refractivity (Wildman–Crippen MR) is 220 cm³/mol. The molecule has 3 atom stereocenters. The number of alkyl halides is 2. The number of allylic oxidation sites excluding steroid dienone is 5. The number of halogens is 2. The fourth-order valence-electron chi connectivity index (χ4n) is 5.06. The lowest BCUT2D eigenvalue weighted by Gasteiger charge is -2.37. The van der Waals surface area contributed by atoms with Crippen LogP contribution in [0.1, 0.15) is 142 Å². The van der Waals surface area contributed by atoms with E-state index in [9.17, 15) is 23.2 Å². The number of nitrogens with one attached hydrogen (secondary N) is 1. The number of nitrogens with zero attached hydrogens (tertiary/aromatic N) is 2. The summed E-state index contributed by atoms with van der Waals surface area (Å²) in [5, 5.41) is 11.3. The van der Waals surface area contributed by atoms with Gasteiger partial charge >= 0.3 is 5.97 Å². The number of hydrogen-bond donors (Lipinski definition) is 2. The van der Waals surface area contributed by atoms with E-state index in [0.29, 0.717) is 23.8 Å². The van der Waals surface area contributed by atoms with E-state index in [1.807, 2.05) is 41.5 Å². The van der Waals surface area contributed by atoms with Crippen LogP contribution in [0.3, 0.4) is 0 Å². The molecule has 0 bridgehead atoms. The van der Waals surface area contributed by atoms with Crippen LogP contribution in [-0.2, 0) is 14.4 Å². The maximum atomic E-state index is 13.8. The summed E-state index contributed by atoms with van der Waals surface area (Å²) < 4.78 is 26.1. The van der Waals surface area contributed by atoms with Gasteiger partial charge in [0.1, 0.15) is 24.7 Å². The maximum Gasteiger partial charge on any atom is 0.305 e. The van der Waals surface area contributed by atoms with Crippen LogP contribution in [0.2, 0.25) is 0 Å². The summed E-state index contributed by atoms with van der Waals surface area (Å²) in [5.74, 6) is 0.142. The van der Waals surface area contributed by atoms with Crippen molar-refractivity contribution in [1.29, 1.82) is 0 Å². The highest BCUT2D eigenvalue weighted by Crippen LogP contribution is 2.35. The van der Waals surface area contributed by atoms with E-state index in [1.165, 1.54) is 24.6 Å². The summed E-state index contributed by atoms with van der Waals surface area (Å²) in [4.78, 5) is 43.4. The van der Waals surface area contributed by atoms with Crippen molar-refractivity contribution >= 4 is 23.5 Å². The lowest BCUT2D eigenvalue weighted by atomic mass is 9.87. The molecular weight excluding hydrogens is 660 g/mol. The van der Waals surface area contributed by atoms with Crippen molar-refractivity contribution in [2.45, 2.75) is 154 Å². The molecule has 3 unspecified atom stereocenters. The first-order valence-corrected chi connectivity index (χ1v) is 19.5. The van der Waals surface area contributed by atoms with Crippen molar-refractivity contribution in [2.75, 3.05) is 19.9 Å². The molecule has 0 aliphatic carbocycles. The van der Waals surface area contributed by atoms with E-state index >= 15 is 0 Å². The standard InChI is InChI=1S/C32H47F2N3O4.C4H10.C3H8.2C2H6/c1-7-25(23(3)4)16-12-19-32(6)36-29(27(17-21-34)14-9-10-20-33)31(41)37(32)24(5)13-11-15-26(8-2)30(40)35-22-18-28(38)39;1-4(2)3;1-3-2;2*1-2/h8-11,13,15,17,23-25H,2,7,12,14,16,18-22H2,1,3-6H3,(H,35,40)(H,38,39);4H,1-3H3;3H2,1-2H3;2*1-2H3/b10-9-,13-11+,26-15+,27-17+;;;;. The Labute approximate surface area is 317 Å². The molecule has 0 radical (unpaired) electrons. The molecular formula is C43H77F2N3O4. The number of carboxylic acids is 1. The van der Waals surface area contributed by atoms with Crippen LogP contribution in [0.25, 0.3) is 0 Å². The van der Waals surface area contributed by atoms with Crippen molar-refractivity contribution in [2.24, 2.45) is 22.7 Å². The number of amides is 2. The third-order valence-corrected chi connectivity index (χ3v) is 7.39. The van der Waals surface area contributed by atoms with Crippen molar-refractivity contribution < 1.29 is 28.3 Å². The highest BCUT2D eigenvalue weighted by atomic mass is 19.1. The van der Waals surface area contributed by atoms with Gasteiger partial charge in [-0.2, -0.15) is 0 Å². The van der Waals surface area contributed by atoms with Gasteiger partial charge in [-0.25, -0.2) is 8.78 Å². The van der Waals surface area contributed by atoms with Gasteiger partial charge in [-0.1, -0.05) is 139 Å². The van der Waals surface area contributed by atoms with Gasteiger partial charge in [-0.15, -0.1) is 0 Å². The molecule has 7 nitrogen and oxygen atoms in total. The van der Waals surface area contributed by atoms with Gasteiger partial charge in [0.25, 0.3) is 11.8 Å².